The Morgan fingerprint density at radius 3 is 2.38 bits per heavy atom. The average Bonchev–Trinajstić information content (AvgIpc) is 2.85. The van der Waals surface area contributed by atoms with Crippen LogP contribution in [0, 0.1) is 6.92 Å². The van der Waals surface area contributed by atoms with Gasteiger partial charge in [0.05, 0.1) is 11.8 Å². The molecule has 0 aromatic heterocycles. The molecule has 0 aliphatic rings. The summed E-state index contributed by atoms with van der Waals surface area (Å²) in [4.78, 5) is 24.7. The first kappa shape index (κ1) is 22.7. The van der Waals surface area contributed by atoms with Crippen LogP contribution in [0.25, 0.3) is 10.8 Å². The number of hydrogen-bond donors (Lipinski definition) is 1. The molecule has 0 aliphatic heterocycles. The van der Waals surface area contributed by atoms with Gasteiger partial charge in [0.15, 0.2) is 6.10 Å². The van der Waals surface area contributed by atoms with Crippen LogP contribution in [0.5, 0.6) is 11.5 Å². The first-order valence-electron chi connectivity index (χ1n) is 10.9. The fourth-order valence-corrected chi connectivity index (χ4v) is 3.39. The lowest BCUT2D eigenvalue weighted by atomic mass is 10.1. The highest BCUT2D eigenvalue weighted by molar-refractivity contribution is 5.93. The van der Waals surface area contributed by atoms with Crippen molar-refractivity contribution in [1.82, 2.24) is 5.43 Å². The molecule has 1 amide bonds. The Kier molecular flexibility index (Phi) is 6.98. The Morgan fingerprint density at radius 2 is 1.59 bits per heavy atom. The van der Waals surface area contributed by atoms with Crippen LogP contribution in [0.4, 0.5) is 0 Å². The molecule has 0 heterocycles. The molecule has 34 heavy (non-hydrogen) atoms. The molecule has 0 radical (unpaired) electrons. The first-order valence-corrected chi connectivity index (χ1v) is 10.9. The quantitative estimate of drug-likeness (QED) is 0.179. The lowest BCUT2D eigenvalue weighted by Gasteiger charge is -2.14. The maximum Gasteiger partial charge on any atom is 0.343 e. The lowest BCUT2D eigenvalue weighted by Crippen LogP contribution is -2.33. The zero-order valence-corrected chi connectivity index (χ0v) is 18.9. The number of benzene rings is 4. The van der Waals surface area contributed by atoms with Crippen molar-refractivity contribution >= 4 is 28.9 Å². The number of nitrogens with zero attached hydrogens (tertiary/aromatic N) is 1. The van der Waals surface area contributed by atoms with Crippen molar-refractivity contribution in [3.8, 4) is 11.5 Å². The second-order valence-electron chi connectivity index (χ2n) is 7.75. The van der Waals surface area contributed by atoms with E-state index in [1.807, 2.05) is 61.5 Å². The predicted molar refractivity (Wildman–Crippen MR) is 132 cm³/mol. The van der Waals surface area contributed by atoms with Crippen molar-refractivity contribution < 1.29 is 19.1 Å². The summed E-state index contributed by atoms with van der Waals surface area (Å²) in [6.07, 6.45) is 0.779. The van der Waals surface area contributed by atoms with Gasteiger partial charge in [-0.2, -0.15) is 5.10 Å². The minimum Gasteiger partial charge on any atom is -0.480 e. The number of nitrogens with one attached hydrogen (secondary N) is 1. The van der Waals surface area contributed by atoms with Crippen LogP contribution in [0.15, 0.2) is 96.1 Å². The molecule has 0 bridgehead atoms. The second kappa shape index (κ2) is 10.4. The van der Waals surface area contributed by atoms with Crippen molar-refractivity contribution in [3.63, 3.8) is 0 Å². The van der Waals surface area contributed by atoms with Gasteiger partial charge in [-0.3, -0.25) is 4.79 Å². The van der Waals surface area contributed by atoms with Gasteiger partial charge >= 0.3 is 5.97 Å². The molecule has 0 aliphatic carbocycles. The number of hydrogen-bond acceptors (Lipinski definition) is 5. The van der Waals surface area contributed by atoms with Gasteiger partial charge in [-0.05, 0) is 66.8 Å². The van der Waals surface area contributed by atoms with Crippen molar-refractivity contribution in [2.24, 2.45) is 5.10 Å². The number of esters is 1. The fraction of sp³-hybridized carbons (Fsp3) is 0.107. The second-order valence-corrected chi connectivity index (χ2v) is 7.75. The number of carbonyl (C=O) groups excluding carboxylic acids is 2. The third-order valence-corrected chi connectivity index (χ3v) is 5.27. The summed E-state index contributed by atoms with van der Waals surface area (Å²) in [5, 5.41) is 5.99. The summed E-state index contributed by atoms with van der Waals surface area (Å²) in [5.41, 5.74) is 4.60. The molecule has 0 fully saturated rings. The SMILES string of the molecule is Cc1ccccc1C(=O)Oc1ccc(/C=N\NC(=O)[C@@H](C)Oc2cccc3ccccc23)cc1. The molecule has 4 aromatic rings. The first-order chi connectivity index (χ1) is 16.5. The van der Waals surface area contributed by atoms with Crippen molar-refractivity contribution in [2.75, 3.05) is 0 Å². The Balaban J connectivity index is 1.31. The van der Waals surface area contributed by atoms with Crippen LogP contribution in [0.2, 0.25) is 0 Å². The van der Waals surface area contributed by atoms with Gasteiger partial charge in [-0.1, -0.05) is 54.6 Å². The largest absolute Gasteiger partial charge is 0.480 e. The number of ether oxygens (including phenoxy) is 2. The van der Waals surface area contributed by atoms with Gasteiger partial charge in [0.25, 0.3) is 5.91 Å². The van der Waals surface area contributed by atoms with Crippen molar-refractivity contribution in [1.29, 1.82) is 0 Å². The summed E-state index contributed by atoms with van der Waals surface area (Å²) in [7, 11) is 0. The van der Waals surface area contributed by atoms with Crippen LogP contribution in [-0.4, -0.2) is 24.2 Å². The zero-order chi connectivity index (χ0) is 23.9. The Morgan fingerprint density at radius 1 is 0.882 bits per heavy atom. The molecule has 4 rings (SSSR count). The van der Waals surface area contributed by atoms with Crippen LogP contribution in [0.3, 0.4) is 0 Å². The third kappa shape index (κ3) is 5.48. The van der Waals surface area contributed by atoms with Crippen molar-refractivity contribution in [3.05, 3.63) is 108 Å². The van der Waals surface area contributed by atoms with E-state index < -0.39 is 12.1 Å². The standard InChI is InChI=1S/C28H24N2O4/c1-19-8-3-5-11-24(19)28(32)34-23-16-14-21(15-17-23)18-29-30-27(31)20(2)33-26-13-7-10-22-9-4-6-12-25(22)26/h3-18,20H,1-2H3,(H,30,31)/b29-18-/t20-/m1/s1. The number of rotatable bonds is 7. The smallest absolute Gasteiger partial charge is 0.343 e. The van der Waals surface area contributed by atoms with E-state index in [1.165, 1.54) is 6.21 Å². The highest BCUT2D eigenvalue weighted by Gasteiger charge is 2.15. The lowest BCUT2D eigenvalue weighted by molar-refractivity contribution is -0.127. The van der Waals surface area contributed by atoms with Crippen LogP contribution < -0.4 is 14.9 Å². The van der Waals surface area contributed by atoms with E-state index in [0.717, 1.165) is 21.9 Å². The molecule has 0 saturated carbocycles. The number of hydrazone groups is 1. The number of aryl methyl sites for hydroxylation is 1. The van der Waals surface area contributed by atoms with Crippen LogP contribution in [-0.2, 0) is 4.79 Å². The molecule has 0 spiro atoms. The van der Waals surface area contributed by atoms with E-state index in [-0.39, 0.29) is 5.91 Å². The minimum absolute atomic E-state index is 0.368. The molecule has 6 heteroatoms. The zero-order valence-electron chi connectivity index (χ0n) is 18.9. The van der Waals surface area contributed by atoms with Gasteiger partial charge in [0, 0.05) is 5.39 Å². The summed E-state index contributed by atoms with van der Waals surface area (Å²) in [6, 6.07) is 27.6. The Bertz CT molecular complexity index is 1340. The monoisotopic (exact) mass is 452 g/mol. The van der Waals surface area contributed by atoms with E-state index in [4.69, 9.17) is 9.47 Å². The number of fused-ring (bicyclic) bond motifs is 1. The maximum atomic E-state index is 12.4. The summed E-state index contributed by atoms with van der Waals surface area (Å²) >= 11 is 0. The summed E-state index contributed by atoms with van der Waals surface area (Å²) < 4.78 is 11.3. The highest BCUT2D eigenvalue weighted by atomic mass is 16.5. The molecule has 170 valence electrons. The third-order valence-electron chi connectivity index (χ3n) is 5.27. The molecular weight excluding hydrogens is 428 g/mol. The highest BCUT2D eigenvalue weighted by Crippen LogP contribution is 2.26. The minimum atomic E-state index is -0.730. The summed E-state index contributed by atoms with van der Waals surface area (Å²) in [6.45, 7) is 3.53. The fourth-order valence-electron chi connectivity index (χ4n) is 3.39. The van der Waals surface area contributed by atoms with Crippen molar-refractivity contribution in [2.45, 2.75) is 20.0 Å². The van der Waals surface area contributed by atoms with E-state index >= 15 is 0 Å². The van der Waals surface area contributed by atoms with Gasteiger partial charge < -0.3 is 9.47 Å². The van der Waals surface area contributed by atoms with Crippen LogP contribution >= 0.6 is 0 Å². The topological polar surface area (TPSA) is 77.0 Å². The van der Waals surface area contributed by atoms with E-state index in [2.05, 4.69) is 10.5 Å². The Labute approximate surface area is 197 Å². The molecular formula is C28H24N2O4. The van der Waals surface area contributed by atoms with Gasteiger partial charge in [0.1, 0.15) is 11.5 Å². The Hall–Kier alpha value is -4.45. The summed E-state index contributed by atoms with van der Waals surface area (Å²) in [5.74, 6) is 0.284. The molecule has 6 nitrogen and oxygen atoms in total. The van der Waals surface area contributed by atoms with E-state index in [1.54, 1.807) is 43.3 Å². The maximum absolute atomic E-state index is 12.4. The normalized spacial score (nSPS) is 11.8. The predicted octanol–water partition coefficient (Wildman–Crippen LogP) is 5.29. The van der Waals surface area contributed by atoms with Gasteiger partial charge in [-0.15, -0.1) is 0 Å². The average molecular weight is 453 g/mol. The molecule has 1 N–H and O–H groups in total. The van der Waals surface area contributed by atoms with E-state index in [0.29, 0.717) is 17.1 Å². The van der Waals surface area contributed by atoms with Gasteiger partial charge in [0.2, 0.25) is 0 Å². The number of amides is 1. The molecule has 0 saturated heterocycles. The van der Waals surface area contributed by atoms with Gasteiger partial charge in [-0.25, -0.2) is 10.2 Å². The number of carbonyl (C=O) groups is 2. The van der Waals surface area contributed by atoms with Crippen LogP contribution in [0.1, 0.15) is 28.4 Å². The molecule has 1 atom stereocenters. The van der Waals surface area contributed by atoms with E-state index in [9.17, 15) is 9.59 Å². The molecule has 0 unspecified atom stereocenters. The molecule has 4 aromatic carbocycles.